The summed E-state index contributed by atoms with van der Waals surface area (Å²) in [5, 5.41) is 18.8. The molecule has 0 bridgehead atoms. The summed E-state index contributed by atoms with van der Waals surface area (Å²) in [4.78, 5) is 11.2. The third kappa shape index (κ3) is 4.43. The topological polar surface area (TPSA) is 110 Å². The number of ether oxygens (including phenoxy) is 2. The standard InChI is InChI=1S/C21H18N6O3S/c1-13(28)30-18-9-8-14(10-19(18)29-2)12-22-27-20(25-26-21(27)31)17-11-16(23-24-17)15-6-4-3-5-7-15/h3-12H,1-2H3,(H,23,24)(H,26,31)/b22-12-. The number of hydrogen-bond donors (Lipinski definition) is 2. The van der Waals surface area contributed by atoms with Gasteiger partial charge in [0.15, 0.2) is 11.5 Å². The van der Waals surface area contributed by atoms with Crippen molar-refractivity contribution in [3.05, 3.63) is 64.9 Å². The van der Waals surface area contributed by atoms with Crippen LogP contribution in [0.2, 0.25) is 0 Å². The van der Waals surface area contributed by atoms with E-state index in [1.54, 1.807) is 24.4 Å². The van der Waals surface area contributed by atoms with Gasteiger partial charge in [-0.25, -0.2) is 5.10 Å². The van der Waals surface area contributed by atoms with Crippen molar-refractivity contribution < 1.29 is 14.3 Å². The van der Waals surface area contributed by atoms with Crippen molar-refractivity contribution in [2.24, 2.45) is 5.10 Å². The van der Waals surface area contributed by atoms with Crippen molar-refractivity contribution in [1.82, 2.24) is 25.1 Å². The molecule has 0 unspecified atom stereocenters. The van der Waals surface area contributed by atoms with Gasteiger partial charge in [-0.2, -0.15) is 20.0 Å². The second-order valence-electron chi connectivity index (χ2n) is 6.45. The first kappa shape index (κ1) is 20.2. The minimum Gasteiger partial charge on any atom is -0.493 e. The van der Waals surface area contributed by atoms with Crippen LogP contribution >= 0.6 is 12.2 Å². The molecule has 0 aliphatic rings. The number of H-pyrrole nitrogens is 2. The maximum absolute atomic E-state index is 11.2. The maximum atomic E-state index is 11.2. The fourth-order valence-corrected chi connectivity index (χ4v) is 3.07. The molecule has 156 valence electrons. The number of nitrogens with one attached hydrogen (secondary N) is 2. The lowest BCUT2D eigenvalue weighted by Gasteiger charge is -2.08. The van der Waals surface area contributed by atoms with Gasteiger partial charge in [0.25, 0.3) is 0 Å². The van der Waals surface area contributed by atoms with Gasteiger partial charge in [-0.05, 0) is 42.0 Å². The number of rotatable bonds is 6. The molecule has 2 aromatic heterocycles. The molecule has 4 aromatic rings. The third-order valence-corrected chi connectivity index (χ3v) is 4.57. The van der Waals surface area contributed by atoms with Crippen molar-refractivity contribution >= 4 is 24.4 Å². The van der Waals surface area contributed by atoms with E-state index in [2.05, 4.69) is 25.5 Å². The first-order valence-corrected chi connectivity index (χ1v) is 9.65. The molecule has 0 aliphatic heterocycles. The second-order valence-corrected chi connectivity index (χ2v) is 6.83. The molecule has 0 saturated carbocycles. The molecule has 0 fully saturated rings. The molecular formula is C21H18N6O3S. The summed E-state index contributed by atoms with van der Waals surface area (Å²) < 4.78 is 12.2. The number of carbonyl (C=O) groups excluding carboxylic acids is 1. The summed E-state index contributed by atoms with van der Waals surface area (Å²) in [6.07, 6.45) is 1.60. The van der Waals surface area contributed by atoms with Gasteiger partial charge in [0.05, 0.1) is 19.0 Å². The van der Waals surface area contributed by atoms with Crippen LogP contribution in [0.1, 0.15) is 12.5 Å². The van der Waals surface area contributed by atoms with E-state index in [-0.39, 0.29) is 0 Å². The predicted molar refractivity (Wildman–Crippen MR) is 118 cm³/mol. The molecule has 0 amide bonds. The highest BCUT2D eigenvalue weighted by atomic mass is 32.1. The molecule has 10 heteroatoms. The molecule has 0 saturated heterocycles. The van der Waals surface area contributed by atoms with Crippen LogP contribution in [-0.2, 0) is 4.79 Å². The molecule has 0 radical (unpaired) electrons. The van der Waals surface area contributed by atoms with Crippen molar-refractivity contribution in [1.29, 1.82) is 0 Å². The Hall–Kier alpha value is -4.05. The summed E-state index contributed by atoms with van der Waals surface area (Å²) in [5.41, 5.74) is 3.14. The normalized spacial score (nSPS) is 11.0. The number of hydrogen-bond acceptors (Lipinski definition) is 7. The largest absolute Gasteiger partial charge is 0.493 e. The van der Waals surface area contributed by atoms with E-state index < -0.39 is 5.97 Å². The van der Waals surface area contributed by atoms with Crippen LogP contribution in [0.3, 0.4) is 0 Å². The van der Waals surface area contributed by atoms with Crippen molar-refractivity contribution in [2.45, 2.75) is 6.92 Å². The summed E-state index contributed by atoms with van der Waals surface area (Å²) >= 11 is 5.32. The minimum atomic E-state index is -0.427. The van der Waals surface area contributed by atoms with Gasteiger partial charge in [-0.15, -0.1) is 0 Å². The lowest BCUT2D eigenvalue weighted by molar-refractivity contribution is -0.132. The van der Waals surface area contributed by atoms with Gasteiger partial charge >= 0.3 is 5.97 Å². The van der Waals surface area contributed by atoms with Crippen LogP contribution < -0.4 is 9.47 Å². The first-order valence-electron chi connectivity index (χ1n) is 9.24. The third-order valence-electron chi connectivity index (χ3n) is 4.30. The molecule has 0 aliphatic carbocycles. The Bertz CT molecular complexity index is 1310. The van der Waals surface area contributed by atoms with Crippen molar-refractivity contribution in [3.8, 4) is 34.3 Å². The Kier molecular flexibility index (Phi) is 5.72. The van der Waals surface area contributed by atoms with Crippen LogP contribution in [0, 0.1) is 4.77 Å². The van der Waals surface area contributed by atoms with Gasteiger partial charge in [-0.3, -0.25) is 9.89 Å². The van der Waals surface area contributed by atoms with Crippen LogP contribution in [0.4, 0.5) is 0 Å². The van der Waals surface area contributed by atoms with E-state index in [1.165, 1.54) is 18.7 Å². The SMILES string of the molecule is COc1cc(/C=N\n2c(-c3cc(-c4ccccc4)n[nH]3)n[nH]c2=S)ccc1OC(C)=O. The summed E-state index contributed by atoms with van der Waals surface area (Å²) in [7, 11) is 1.50. The number of esters is 1. The first-order chi connectivity index (χ1) is 15.0. The van der Waals surface area contributed by atoms with Gasteiger partial charge in [0.1, 0.15) is 5.69 Å². The Labute approximate surface area is 182 Å². The smallest absolute Gasteiger partial charge is 0.308 e. The summed E-state index contributed by atoms with van der Waals surface area (Å²) in [5.74, 6) is 0.804. The van der Waals surface area contributed by atoms with Crippen LogP contribution in [0.5, 0.6) is 11.5 Å². The summed E-state index contributed by atoms with van der Waals surface area (Å²) in [6.45, 7) is 1.33. The number of aromatic nitrogens is 5. The molecule has 9 nitrogen and oxygen atoms in total. The average Bonchev–Trinajstić information content (AvgIpc) is 3.40. The fourth-order valence-electron chi connectivity index (χ4n) is 2.89. The van der Waals surface area contributed by atoms with E-state index >= 15 is 0 Å². The average molecular weight is 434 g/mol. The van der Waals surface area contributed by atoms with Crippen LogP contribution in [0.15, 0.2) is 59.7 Å². The number of aromatic amines is 2. The molecule has 0 spiro atoms. The molecular weight excluding hydrogens is 416 g/mol. The van der Waals surface area contributed by atoms with Crippen molar-refractivity contribution in [2.75, 3.05) is 7.11 Å². The molecule has 2 aromatic carbocycles. The quantitative estimate of drug-likeness (QED) is 0.207. The maximum Gasteiger partial charge on any atom is 0.308 e. The highest BCUT2D eigenvalue weighted by Crippen LogP contribution is 2.28. The van der Waals surface area contributed by atoms with E-state index in [9.17, 15) is 4.79 Å². The molecule has 31 heavy (non-hydrogen) atoms. The lowest BCUT2D eigenvalue weighted by atomic mass is 10.1. The highest BCUT2D eigenvalue weighted by molar-refractivity contribution is 7.71. The molecule has 4 rings (SSSR count). The molecule has 2 N–H and O–H groups in total. The van der Waals surface area contributed by atoms with Gasteiger partial charge in [-0.1, -0.05) is 30.3 Å². The Balaban J connectivity index is 1.63. The van der Waals surface area contributed by atoms with Crippen molar-refractivity contribution in [3.63, 3.8) is 0 Å². The zero-order valence-electron chi connectivity index (χ0n) is 16.7. The lowest BCUT2D eigenvalue weighted by Crippen LogP contribution is -2.03. The zero-order chi connectivity index (χ0) is 21.8. The van der Waals surface area contributed by atoms with E-state index in [4.69, 9.17) is 21.7 Å². The Morgan fingerprint density at radius 3 is 2.65 bits per heavy atom. The Morgan fingerprint density at radius 1 is 1.10 bits per heavy atom. The predicted octanol–water partition coefficient (Wildman–Crippen LogP) is 3.81. The molecule has 2 heterocycles. The highest BCUT2D eigenvalue weighted by Gasteiger charge is 2.13. The van der Waals surface area contributed by atoms with E-state index in [0.29, 0.717) is 27.8 Å². The van der Waals surface area contributed by atoms with E-state index in [0.717, 1.165) is 16.8 Å². The van der Waals surface area contributed by atoms with E-state index in [1.807, 2.05) is 36.4 Å². The monoisotopic (exact) mass is 434 g/mol. The van der Waals surface area contributed by atoms with Gasteiger partial charge in [0.2, 0.25) is 10.6 Å². The number of nitrogens with zero attached hydrogens (tertiary/aromatic N) is 4. The number of methoxy groups -OCH3 is 1. The molecule has 0 atom stereocenters. The van der Waals surface area contributed by atoms with Gasteiger partial charge in [0, 0.05) is 12.5 Å². The van der Waals surface area contributed by atoms with Gasteiger partial charge < -0.3 is 9.47 Å². The summed E-state index contributed by atoms with van der Waals surface area (Å²) in [6, 6.07) is 16.8. The second kappa shape index (κ2) is 8.76. The Morgan fingerprint density at radius 2 is 1.90 bits per heavy atom. The fraction of sp³-hybridized carbons (Fsp3) is 0.0952. The minimum absolute atomic E-state index is 0.325. The zero-order valence-corrected chi connectivity index (χ0v) is 17.5. The number of benzene rings is 2. The van der Waals surface area contributed by atoms with Crippen LogP contribution in [0.25, 0.3) is 22.8 Å². The number of carbonyl (C=O) groups is 1. The van der Waals surface area contributed by atoms with Crippen LogP contribution in [-0.4, -0.2) is 44.4 Å².